The molecule has 0 radical (unpaired) electrons. The van der Waals surface area contributed by atoms with Gasteiger partial charge in [-0.25, -0.2) is 0 Å². The molecule has 0 aliphatic carbocycles. The van der Waals surface area contributed by atoms with Crippen LogP contribution in [-0.2, 0) is 13.6 Å². The van der Waals surface area contributed by atoms with Crippen LogP contribution < -0.4 is 5.32 Å². The second-order valence-corrected chi connectivity index (χ2v) is 5.37. The normalized spacial score (nSPS) is 10.8. The highest BCUT2D eigenvalue weighted by Gasteiger charge is 2.16. The number of aryl methyl sites for hydroxylation is 3. The lowest BCUT2D eigenvalue weighted by Crippen LogP contribution is -2.17. The van der Waals surface area contributed by atoms with Gasteiger partial charge in [0, 0.05) is 24.3 Å². The quantitative estimate of drug-likeness (QED) is 0.943. The number of amides is 1. The number of carbonyl (C=O) groups excluding carboxylic acids is 1. The van der Waals surface area contributed by atoms with Gasteiger partial charge >= 0.3 is 0 Å². The zero-order valence-corrected chi connectivity index (χ0v) is 13.1. The minimum atomic E-state index is -0.119. The number of aromatic nitrogens is 3. The first-order valence-electron chi connectivity index (χ1n) is 6.11. The van der Waals surface area contributed by atoms with E-state index in [9.17, 15) is 4.79 Å². The van der Waals surface area contributed by atoms with Crippen LogP contribution in [0.25, 0.3) is 0 Å². The van der Waals surface area contributed by atoms with E-state index in [1.807, 2.05) is 44.6 Å². The minimum Gasteiger partial charge on any atom is -0.343 e. The van der Waals surface area contributed by atoms with Gasteiger partial charge in [-0.3, -0.25) is 9.48 Å². The van der Waals surface area contributed by atoms with Gasteiger partial charge in [-0.05, 0) is 42.8 Å². The fraction of sp³-hybridized carbons (Fsp3) is 0.385. The summed E-state index contributed by atoms with van der Waals surface area (Å²) >= 11 is 3.39. The van der Waals surface area contributed by atoms with Crippen molar-refractivity contribution in [2.75, 3.05) is 5.32 Å². The number of nitrogens with zero attached hydrogens (tertiary/aromatic N) is 3. The SMILES string of the molecule is CCn1cc(Br)cc1C(=O)Nc1c(C)nn(C)c1C. The smallest absolute Gasteiger partial charge is 0.272 e. The van der Waals surface area contributed by atoms with Gasteiger partial charge in [0.25, 0.3) is 5.91 Å². The summed E-state index contributed by atoms with van der Waals surface area (Å²) < 4.78 is 4.57. The summed E-state index contributed by atoms with van der Waals surface area (Å²) in [7, 11) is 1.86. The number of carbonyl (C=O) groups is 1. The predicted molar refractivity (Wildman–Crippen MR) is 78.4 cm³/mol. The highest BCUT2D eigenvalue weighted by Crippen LogP contribution is 2.21. The monoisotopic (exact) mass is 324 g/mol. The first kappa shape index (κ1) is 13.9. The third-order valence-electron chi connectivity index (χ3n) is 3.18. The van der Waals surface area contributed by atoms with Crippen LogP contribution in [0.15, 0.2) is 16.7 Å². The Morgan fingerprint density at radius 3 is 2.68 bits per heavy atom. The predicted octanol–water partition coefficient (Wildman–Crippen LogP) is 2.87. The third-order valence-corrected chi connectivity index (χ3v) is 3.62. The summed E-state index contributed by atoms with van der Waals surface area (Å²) in [5.74, 6) is -0.119. The Balaban J connectivity index is 2.30. The fourth-order valence-electron chi connectivity index (χ4n) is 2.06. The number of hydrogen-bond acceptors (Lipinski definition) is 2. The molecule has 0 fully saturated rings. The van der Waals surface area contributed by atoms with Crippen molar-refractivity contribution in [3.05, 3.63) is 33.8 Å². The second-order valence-electron chi connectivity index (χ2n) is 4.45. The summed E-state index contributed by atoms with van der Waals surface area (Å²) in [6.07, 6.45) is 1.90. The van der Waals surface area contributed by atoms with Gasteiger partial charge < -0.3 is 9.88 Å². The van der Waals surface area contributed by atoms with Crippen molar-refractivity contribution in [1.29, 1.82) is 0 Å². The van der Waals surface area contributed by atoms with Crippen LogP contribution in [0.4, 0.5) is 5.69 Å². The average molecular weight is 325 g/mol. The number of hydrogen-bond donors (Lipinski definition) is 1. The molecule has 2 heterocycles. The van der Waals surface area contributed by atoms with E-state index in [0.717, 1.165) is 28.1 Å². The molecule has 2 aromatic heterocycles. The van der Waals surface area contributed by atoms with E-state index < -0.39 is 0 Å². The van der Waals surface area contributed by atoms with Crippen molar-refractivity contribution in [3.63, 3.8) is 0 Å². The molecule has 0 saturated heterocycles. The van der Waals surface area contributed by atoms with Crippen LogP contribution in [0.2, 0.25) is 0 Å². The molecule has 0 atom stereocenters. The zero-order chi connectivity index (χ0) is 14.2. The van der Waals surface area contributed by atoms with Crippen LogP contribution in [0.3, 0.4) is 0 Å². The highest BCUT2D eigenvalue weighted by molar-refractivity contribution is 9.10. The second kappa shape index (κ2) is 5.21. The number of rotatable bonds is 3. The maximum absolute atomic E-state index is 12.3. The van der Waals surface area contributed by atoms with E-state index in [1.54, 1.807) is 4.68 Å². The Bertz CT molecular complexity index is 627. The van der Waals surface area contributed by atoms with E-state index in [2.05, 4.69) is 26.3 Å². The molecule has 1 N–H and O–H groups in total. The van der Waals surface area contributed by atoms with Gasteiger partial charge in [-0.2, -0.15) is 5.10 Å². The molecule has 0 aliphatic heterocycles. The van der Waals surface area contributed by atoms with Crippen LogP contribution in [0.5, 0.6) is 0 Å². The van der Waals surface area contributed by atoms with Crippen LogP contribution in [-0.4, -0.2) is 20.3 Å². The van der Waals surface area contributed by atoms with Crippen LogP contribution in [0.1, 0.15) is 28.8 Å². The van der Waals surface area contributed by atoms with E-state index in [4.69, 9.17) is 0 Å². The molecule has 1 amide bonds. The molecule has 2 rings (SSSR count). The number of nitrogens with one attached hydrogen (secondary N) is 1. The summed E-state index contributed by atoms with van der Waals surface area (Å²) in [4.78, 5) is 12.3. The molecule has 0 bridgehead atoms. The molecule has 0 spiro atoms. The van der Waals surface area contributed by atoms with Gasteiger partial charge in [0.2, 0.25) is 0 Å². The zero-order valence-electron chi connectivity index (χ0n) is 11.5. The molecule has 5 nitrogen and oxygen atoms in total. The van der Waals surface area contributed by atoms with Crippen molar-refractivity contribution in [2.45, 2.75) is 27.3 Å². The topological polar surface area (TPSA) is 51.9 Å². The van der Waals surface area contributed by atoms with Crippen LogP contribution in [0, 0.1) is 13.8 Å². The maximum atomic E-state index is 12.3. The van der Waals surface area contributed by atoms with Gasteiger partial charge in [-0.15, -0.1) is 0 Å². The number of anilines is 1. The Morgan fingerprint density at radius 2 is 2.16 bits per heavy atom. The van der Waals surface area contributed by atoms with Gasteiger partial charge in [0.05, 0.1) is 17.1 Å². The molecule has 19 heavy (non-hydrogen) atoms. The number of halogens is 1. The van der Waals surface area contributed by atoms with Crippen molar-refractivity contribution in [3.8, 4) is 0 Å². The van der Waals surface area contributed by atoms with E-state index >= 15 is 0 Å². The van der Waals surface area contributed by atoms with Crippen molar-refractivity contribution in [2.24, 2.45) is 7.05 Å². The molecule has 0 unspecified atom stereocenters. The lowest BCUT2D eigenvalue weighted by molar-refractivity contribution is 0.101. The Labute approximate surface area is 120 Å². The molecule has 102 valence electrons. The van der Waals surface area contributed by atoms with Crippen LogP contribution >= 0.6 is 15.9 Å². The highest BCUT2D eigenvalue weighted by atomic mass is 79.9. The molecular formula is C13H17BrN4O. The first-order chi connectivity index (χ1) is 8.93. The molecule has 6 heteroatoms. The summed E-state index contributed by atoms with van der Waals surface area (Å²) in [5.41, 5.74) is 3.19. The Hall–Kier alpha value is -1.56. The molecule has 0 aliphatic rings. The summed E-state index contributed by atoms with van der Waals surface area (Å²) in [6.45, 7) is 6.57. The van der Waals surface area contributed by atoms with E-state index in [1.165, 1.54) is 0 Å². The Kier molecular flexibility index (Phi) is 3.80. The molecule has 0 aromatic carbocycles. The Morgan fingerprint density at radius 1 is 1.47 bits per heavy atom. The van der Waals surface area contributed by atoms with Gasteiger partial charge in [0.15, 0.2) is 0 Å². The molecule has 0 saturated carbocycles. The minimum absolute atomic E-state index is 0.119. The van der Waals surface area contributed by atoms with Crippen molar-refractivity contribution < 1.29 is 4.79 Å². The summed E-state index contributed by atoms with van der Waals surface area (Å²) in [6, 6.07) is 1.82. The summed E-state index contributed by atoms with van der Waals surface area (Å²) in [5, 5.41) is 7.23. The lowest BCUT2D eigenvalue weighted by Gasteiger charge is -2.08. The van der Waals surface area contributed by atoms with Gasteiger partial charge in [-0.1, -0.05) is 0 Å². The lowest BCUT2D eigenvalue weighted by atomic mass is 10.3. The van der Waals surface area contributed by atoms with Crippen molar-refractivity contribution >= 4 is 27.5 Å². The first-order valence-corrected chi connectivity index (χ1v) is 6.90. The maximum Gasteiger partial charge on any atom is 0.272 e. The largest absolute Gasteiger partial charge is 0.343 e. The van der Waals surface area contributed by atoms with E-state index in [0.29, 0.717) is 5.69 Å². The fourth-order valence-corrected chi connectivity index (χ4v) is 2.52. The third kappa shape index (κ3) is 2.58. The molecular weight excluding hydrogens is 308 g/mol. The standard InChI is InChI=1S/C13H17BrN4O/c1-5-18-7-10(14)6-11(18)13(19)15-12-8(2)16-17(4)9(12)3/h6-7H,5H2,1-4H3,(H,15,19). The van der Waals surface area contributed by atoms with Gasteiger partial charge in [0.1, 0.15) is 5.69 Å². The van der Waals surface area contributed by atoms with E-state index in [-0.39, 0.29) is 5.91 Å². The molecule has 2 aromatic rings. The van der Waals surface area contributed by atoms with Crippen molar-refractivity contribution in [1.82, 2.24) is 14.3 Å². The average Bonchev–Trinajstić information content (AvgIpc) is 2.85.